The van der Waals surface area contributed by atoms with Gasteiger partial charge in [0, 0.05) is 12.4 Å². The van der Waals surface area contributed by atoms with Crippen LogP contribution in [0.4, 0.5) is 5.00 Å². The van der Waals surface area contributed by atoms with Gasteiger partial charge in [-0.15, -0.1) is 11.3 Å². The smallest absolute Gasteiger partial charge is 0.550 e. The number of nitrogens with zero attached hydrogens (tertiary/aromatic N) is 2. The van der Waals surface area contributed by atoms with E-state index in [4.69, 9.17) is 5.26 Å². The van der Waals surface area contributed by atoms with Gasteiger partial charge < -0.3 is 93.8 Å². The van der Waals surface area contributed by atoms with Crippen LogP contribution in [0.15, 0.2) is 0 Å². The molecule has 0 fully saturated rings. The van der Waals surface area contributed by atoms with E-state index in [1.54, 1.807) is 0 Å². The van der Waals surface area contributed by atoms with Crippen LogP contribution >= 0.6 is 11.3 Å². The molecule has 0 amide bonds. The fraction of sp³-hybridized carbons (Fsp3) is 0.250. The van der Waals surface area contributed by atoms with Crippen LogP contribution in [0.5, 0.6) is 0 Å². The first-order chi connectivity index (χ1) is 10.7. The summed E-state index contributed by atoms with van der Waals surface area (Å²) in [6.45, 7) is -1.94. The van der Waals surface area contributed by atoms with Crippen molar-refractivity contribution < 1.29 is 88.9 Å². The minimum atomic E-state index is -1.80. The summed E-state index contributed by atoms with van der Waals surface area (Å²) in [6.07, 6.45) is -0.937. The van der Waals surface area contributed by atoms with E-state index in [1.165, 1.54) is 6.07 Å². The van der Waals surface area contributed by atoms with E-state index in [1.807, 2.05) is 0 Å². The molecule has 194 valence electrons. The number of rotatable bonds is 8. The van der Waals surface area contributed by atoms with Crippen molar-refractivity contribution in [2.45, 2.75) is 6.42 Å². The van der Waals surface area contributed by atoms with Gasteiger partial charge in [0.25, 0.3) is 0 Å². The molecule has 0 saturated heterocycles. The Morgan fingerprint density at radius 3 is 1.32 bits per heavy atom. The third-order valence-electron chi connectivity index (χ3n) is 2.53. The van der Waals surface area contributed by atoms with Crippen molar-refractivity contribution >= 4 is 131 Å². The maximum Gasteiger partial charge on any atom is 2.00 e. The van der Waals surface area contributed by atoms with Crippen molar-refractivity contribution in [1.82, 2.24) is 0 Å². The van der Waals surface area contributed by atoms with E-state index in [0.29, 0.717) is 16.2 Å². The molecule has 0 radical (unpaired) electrons. The number of nitriles is 1. The van der Waals surface area contributed by atoms with Gasteiger partial charge in [-0.2, -0.15) is 5.26 Å². The molecule has 0 aliphatic rings. The zero-order valence-electron chi connectivity index (χ0n) is 17.1. The number of thiophene rings is 1. The van der Waals surface area contributed by atoms with Crippen molar-refractivity contribution in [2.75, 3.05) is 18.0 Å². The van der Waals surface area contributed by atoms with Crippen molar-refractivity contribution in [2.24, 2.45) is 0 Å². The third kappa shape index (κ3) is 20.8. The first-order valence-electron chi connectivity index (χ1n) is 5.79. The second-order valence-electron chi connectivity index (χ2n) is 4.14. The molecule has 1 aromatic heterocycles. The molecule has 0 bridgehead atoms. The molecular formula is C12H24N2O17SSr2. The SMILES string of the molecule is N#Cc1c(N(CC(=O)[O-])CC(=O)[O-])sc(C(=O)[O-])c1CC(=O)[O-].O.O.O.O.O.O.O.O.O.[Sr+2].[Sr+2]. The number of carboxylic acids is 4. The van der Waals surface area contributed by atoms with Crippen molar-refractivity contribution in [3.8, 4) is 6.07 Å². The van der Waals surface area contributed by atoms with E-state index in [9.17, 15) is 39.6 Å². The van der Waals surface area contributed by atoms with Gasteiger partial charge in [-0.05, 0) is 5.56 Å². The van der Waals surface area contributed by atoms with Crippen molar-refractivity contribution in [1.29, 1.82) is 5.26 Å². The second kappa shape index (κ2) is 32.5. The average Bonchev–Trinajstić information content (AvgIpc) is 2.74. The molecule has 34 heavy (non-hydrogen) atoms. The first-order valence-corrected chi connectivity index (χ1v) is 6.60. The van der Waals surface area contributed by atoms with Crippen LogP contribution in [-0.4, -0.2) is 177 Å². The average molecular weight is 676 g/mol. The van der Waals surface area contributed by atoms with Crippen LogP contribution in [0.3, 0.4) is 0 Å². The Kier molecular flexibility index (Phi) is 66.7. The molecule has 0 saturated carbocycles. The fourth-order valence-electron chi connectivity index (χ4n) is 1.78. The summed E-state index contributed by atoms with van der Waals surface area (Å²) in [6, 6.07) is 1.53. The number of carbonyl (C=O) groups excluding carboxylic acids is 4. The molecule has 18 N–H and O–H groups in total. The summed E-state index contributed by atoms with van der Waals surface area (Å²) in [4.78, 5) is 43.1. The summed E-state index contributed by atoms with van der Waals surface area (Å²) in [5.74, 6) is -6.87. The van der Waals surface area contributed by atoms with E-state index in [-0.39, 0.29) is 145 Å². The predicted octanol–water partition coefficient (Wildman–Crippen LogP) is -13.6. The Hall–Kier alpha value is -0.529. The van der Waals surface area contributed by atoms with Gasteiger partial charge in [0.2, 0.25) is 0 Å². The molecule has 0 aliphatic carbocycles. The van der Waals surface area contributed by atoms with Gasteiger partial charge in [-0.25, -0.2) is 0 Å². The minimum absolute atomic E-state index is 0. The molecule has 0 unspecified atom stereocenters. The number of hydrogen-bond donors (Lipinski definition) is 0. The van der Waals surface area contributed by atoms with Crippen molar-refractivity contribution in [3.05, 3.63) is 16.0 Å². The van der Waals surface area contributed by atoms with Crippen LogP contribution in [0.2, 0.25) is 0 Å². The van der Waals surface area contributed by atoms with Gasteiger partial charge >= 0.3 is 91.0 Å². The largest absolute Gasteiger partial charge is 2.00 e. The summed E-state index contributed by atoms with van der Waals surface area (Å²) in [7, 11) is 0. The third-order valence-corrected chi connectivity index (χ3v) is 3.81. The van der Waals surface area contributed by atoms with Gasteiger partial charge in [0.15, 0.2) is 0 Å². The zero-order valence-corrected chi connectivity index (χ0v) is 24.9. The van der Waals surface area contributed by atoms with Crippen LogP contribution in [-0.2, 0) is 20.8 Å². The molecule has 19 nitrogen and oxygen atoms in total. The Bertz CT molecular complexity index is 723. The standard InChI is InChI=1S/C12H10N2O8S.9H2O.2Sr/c13-2-6-5(1-7(15)16)10(12(21)22)23-11(6)14(3-8(17)18)4-9(19)20;;;;;;;;;;;/h1,3-4H2,(H,15,16)(H,17,18)(H,19,20)(H,21,22);9*1H2;;/q;;;;;;;;;;2*+2/p-4. The Labute approximate surface area is 268 Å². The molecule has 1 rings (SSSR count). The second-order valence-corrected chi connectivity index (χ2v) is 5.14. The molecule has 1 heterocycles. The first kappa shape index (κ1) is 69.9. The number of aromatic carboxylic acids is 1. The molecule has 22 heteroatoms. The molecule has 0 aromatic carbocycles. The quantitative estimate of drug-likeness (QED) is 0.234. The maximum atomic E-state index is 11.1. The van der Waals surface area contributed by atoms with E-state index < -0.39 is 59.4 Å². The fourth-order valence-corrected chi connectivity index (χ4v) is 2.88. The summed E-state index contributed by atoms with van der Waals surface area (Å²) < 4.78 is 0. The normalized spacial score (nSPS) is 6.68. The molecule has 0 atom stereocenters. The Morgan fingerprint density at radius 1 is 0.735 bits per heavy atom. The monoisotopic (exact) mass is 676 g/mol. The van der Waals surface area contributed by atoms with Gasteiger partial charge in [0.05, 0.1) is 41.4 Å². The minimum Gasteiger partial charge on any atom is -0.550 e. The van der Waals surface area contributed by atoms with E-state index >= 15 is 0 Å². The molecule has 0 spiro atoms. The van der Waals surface area contributed by atoms with Crippen LogP contribution in [0.25, 0.3) is 0 Å². The molecule has 1 aromatic rings. The summed E-state index contributed by atoms with van der Waals surface area (Å²) in [5.41, 5.74) is -0.935. The van der Waals surface area contributed by atoms with Crippen LogP contribution < -0.4 is 25.3 Å². The Morgan fingerprint density at radius 2 is 1.09 bits per heavy atom. The zero-order chi connectivity index (χ0) is 17.7. The van der Waals surface area contributed by atoms with Gasteiger partial charge in [0.1, 0.15) is 11.1 Å². The maximum absolute atomic E-state index is 11.1. The Balaban J connectivity index is -0.0000000534. The van der Waals surface area contributed by atoms with Gasteiger partial charge in [-0.1, -0.05) is 0 Å². The van der Waals surface area contributed by atoms with E-state index in [0.717, 1.165) is 0 Å². The summed E-state index contributed by atoms with van der Waals surface area (Å²) >= 11 is 0.321. The topological polar surface area (TPSA) is 471 Å². The van der Waals surface area contributed by atoms with Crippen LogP contribution in [0.1, 0.15) is 20.8 Å². The molecule has 0 aliphatic heterocycles. The number of hydrogen-bond acceptors (Lipinski definition) is 11. The van der Waals surface area contributed by atoms with E-state index in [2.05, 4.69) is 0 Å². The molecular weight excluding hydrogens is 651 g/mol. The number of aliphatic carboxylic acids is 3. The number of carboxylic acid groups (broad SMARTS) is 4. The summed E-state index contributed by atoms with van der Waals surface area (Å²) in [5, 5.41) is 51.9. The van der Waals surface area contributed by atoms with Crippen molar-refractivity contribution in [3.63, 3.8) is 0 Å². The predicted molar refractivity (Wildman–Crippen MR) is 108 cm³/mol. The van der Waals surface area contributed by atoms with Gasteiger partial charge in [-0.3, -0.25) is 0 Å². The van der Waals surface area contributed by atoms with Crippen LogP contribution in [0, 0.1) is 11.3 Å². The number of anilines is 1. The number of carbonyl (C=O) groups is 4.